The lowest BCUT2D eigenvalue weighted by Gasteiger charge is -2.18. The smallest absolute Gasteiger partial charge is 0.239 e. The summed E-state index contributed by atoms with van der Waals surface area (Å²) in [7, 11) is 0. The fourth-order valence-electron chi connectivity index (χ4n) is 2.25. The molecule has 1 aromatic rings. The molecule has 2 N–H and O–H groups in total. The molecule has 0 radical (unpaired) electrons. The van der Waals surface area contributed by atoms with Crippen LogP contribution in [-0.4, -0.2) is 29.9 Å². The van der Waals surface area contributed by atoms with E-state index in [4.69, 9.17) is 5.73 Å². The lowest BCUT2D eigenvalue weighted by atomic mass is 9.99. The van der Waals surface area contributed by atoms with E-state index in [0.29, 0.717) is 5.92 Å². The molecule has 0 spiro atoms. The summed E-state index contributed by atoms with van der Waals surface area (Å²) in [5.74, 6) is 0.544. The van der Waals surface area contributed by atoms with Gasteiger partial charge in [-0.1, -0.05) is 30.3 Å². The van der Waals surface area contributed by atoms with Crippen LogP contribution in [0.5, 0.6) is 0 Å². The first-order chi connectivity index (χ1) is 7.68. The van der Waals surface area contributed by atoms with Gasteiger partial charge in [0.05, 0.1) is 6.04 Å². The van der Waals surface area contributed by atoms with Gasteiger partial charge >= 0.3 is 0 Å². The zero-order chi connectivity index (χ0) is 11.5. The molecular formula is C13H18N2O. The van der Waals surface area contributed by atoms with Crippen LogP contribution < -0.4 is 5.73 Å². The van der Waals surface area contributed by atoms with Crippen LogP contribution in [0, 0.1) is 0 Å². The van der Waals surface area contributed by atoms with Gasteiger partial charge in [0.2, 0.25) is 5.91 Å². The minimum absolute atomic E-state index is 0.0680. The van der Waals surface area contributed by atoms with Gasteiger partial charge in [0.1, 0.15) is 0 Å². The molecule has 1 aliphatic heterocycles. The van der Waals surface area contributed by atoms with Gasteiger partial charge in [-0.05, 0) is 18.9 Å². The van der Waals surface area contributed by atoms with Crippen LogP contribution >= 0.6 is 0 Å². The Hall–Kier alpha value is -1.35. The molecule has 1 fully saturated rings. The molecule has 2 rings (SSSR count). The molecule has 1 unspecified atom stereocenters. The predicted octanol–water partition coefficient (Wildman–Crippen LogP) is 1.35. The number of benzene rings is 1. The van der Waals surface area contributed by atoms with Crippen LogP contribution in [0.25, 0.3) is 0 Å². The minimum atomic E-state index is -0.380. The van der Waals surface area contributed by atoms with Gasteiger partial charge in [0.25, 0.3) is 0 Å². The van der Waals surface area contributed by atoms with Crippen LogP contribution in [0.3, 0.4) is 0 Å². The number of hydrogen-bond donors (Lipinski definition) is 1. The summed E-state index contributed by atoms with van der Waals surface area (Å²) in [6, 6.07) is 9.99. The molecule has 0 bridgehead atoms. The number of hydrogen-bond acceptors (Lipinski definition) is 2. The lowest BCUT2D eigenvalue weighted by molar-refractivity contribution is -0.131. The third-order valence-electron chi connectivity index (χ3n) is 3.16. The van der Waals surface area contributed by atoms with Crippen molar-refractivity contribution in [2.75, 3.05) is 13.1 Å². The first-order valence-electron chi connectivity index (χ1n) is 5.78. The van der Waals surface area contributed by atoms with Gasteiger partial charge in [0.15, 0.2) is 0 Å². The highest BCUT2D eigenvalue weighted by Gasteiger charge is 2.28. The van der Waals surface area contributed by atoms with E-state index in [9.17, 15) is 4.79 Å². The van der Waals surface area contributed by atoms with Gasteiger partial charge in [-0.3, -0.25) is 4.79 Å². The van der Waals surface area contributed by atoms with Gasteiger partial charge in [0, 0.05) is 19.0 Å². The van der Waals surface area contributed by atoms with Crippen LogP contribution in [0.15, 0.2) is 30.3 Å². The standard InChI is InChI=1S/C13H18N2O/c1-10(14)13(16)15-8-7-12(9-15)11-5-3-2-4-6-11/h2-6,10,12H,7-9,14H2,1H3/t10-,12?/m1/s1. The monoisotopic (exact) mass is 218 g/mol. The molecule has 3 heteroatoms. The molecule has 1 saturated heterocycles. The Morgan fingerprint density at radius 3 is 2.75 bits per heavy atom. The molecule has 1 aliphatic rings. The zero-order valence-electron chi connectivity index (χ0n) is 9.60. The molecule has 3 nitrogen and oxygen atoms in total. The molecule has 1 aromatic carbocycles. The molecule has 2 atom stereocenters. The van der Waals surface area contributed by atoms with Crippen molar-refractivity contribution >= 4 is 5.91 Å². The summed E-state index contributed by atoms with van der Waals surface area (Å²) < 4.78 is 0. The maximum Gasteiger partial charge on any atom is 0.239 e. The second kappa shape index (κ2) is 4.66. The second-order valence-electron chi connectivity index (χ2n) is 4.47. The normalized spacial score (nSPS) is 22.1. The number of likely N-dealkylation sites (tertiary alicyclic amines) is 1. The summed E-state index contributed by atoms with van der Waals surface area (Å²) >= 11 is 0. The van der Waals surface area contributed by atoms with Crippen LogP contribution in [0.2, 0.25) is 0 Å². The third kappa shape index (κ3) is 2.25. The van der Waals surface area contributed by atoms with Gasteiger partial charge < -0.3 is 10.6 Å². The van der Waals surface area contributed by atoms with Crippen molar-refractivity contribution < 1.29 is 4.79 Å². The summed E-state index contributed by atoms with van der Waals surface area (Å²) in [5, 5.41) is 0. The molecule has 86 valence electrons. The number of rotatable bonds is 2. The highest BCUT2D eigenvalue weighted by Crippen LogP contribution is 2.26. The van der Waals surface area contributed by atoms with Crippen LogP contribution in [0.1, 0.15) is 24.8 Å². The van der Waals surface area contributed by atoms with Gasteiger partial charge in [-0.2, -0.15) is 0 Å². The Labute approximate surface area is 96.2 Å². The molecule has 0 aromatic heterocycles. The average Bonchev–Trinajstić information content (AvgIpc) is 2.78. The molecule has 16 heavy (non-hydrogen) atoms. The Kier molecular flexibility index (Phi) is 3.25. The number of amides is 1. The second-order valence-corrected chi connectivity index (χ2v) is 4.47. The molecule has 0 aliphatic carbocycles. The maximum absolute atomic E-state index is 11.7. The number of carbonyl (C=O) groups is 1. The van der Waals surface area contributed by atoms with E-state index in [1.165, 1.54) is 5.56 Å². The van der Waals surface area contributed by atoms with Crippen LogP contribution in [-0.2, 0) is 4.79 Å². The topological polar surface area (TPSA) is 46.3 Å². The Bertz CT molecular complexity index is 361. The van der Waals surface area contributed by atoms with Crippen molar-refractivity contribution in [2.24, 2.45) is 5.73 Å². The van der Waals surface area contributed by atoms with Crippen molar-refractivity contribution in [3.8, 4) is 0 Å². The first-order valence-corrected chi connectivity index (χ1v) is 5.78. The fraction of sp³-hybridized carbons (Fsp3) is 0.462. The Morgan fingerprint density at radius 1 is 1.44 bits per heavy atom. The van der Waals surface area contributed by atoms with E-state index < -0.39 is 0 Å². The summed E-state index contributed by atoms with van der Waals surface area (Å²) in [5.41, 5.74) is 6.93. The molecule has 1 amide bonds. The van der Waals surface area contributed by atoms with Crippen molar-refractivity contribution in [1.29, 1.82) is 0 Å². The van der Waals surface area contributed by atoms with E-state index in [1.54, 1.807) is 6.92 Å². The highest BCUT2D eigenvalue weighted by atomic mass is 16.2. The predicted molar refractivity (Wildman–Crippen MR) is 64.0 cm³/mol. The Morgan fingerprint density at radius 2 is 2.12 bits per heavy atom. The fourth-order valence-corrected chi connectivity index (χ4v) is 2.25. The van der Waals surface area contributed by atoms with E-state index in [2.05, 4.69) is 12.1 Å². The van der Waals surface area contributed by atoms with Gasteiger partial charge in [-0.25, -0.2) is 0 Å². The maximum atomic E-state index is 11.7. The molecular weight excluding hydrogens is 200 g/mol. The quantitative estimate of drug-likeness (QED) is 0.814. The number of carbonyl (C=O) groups excluding carboxylic acids is 1. The molecule has 1 heterocycles. The largest absolute Gasteiger partial charge is 0.341 e. The number of nitrogens with two attached hydrogens (primary N) is 1. The summed E-state index contributed by atoms with van der Waals surface area (Å²) in [6.45, 7) is 3.39. The minimum Gasteiger partial charge on any atom is -0.341 e. The SMILES string of the molecule is C[C@@H](N)C(=O)N1CCC(c2ccccc2)C1. The first kappa shape index (κ1) is 11.1. The van der Waals surface area contributed by atoms with Gasteiger partial charge in [-0.15, -0.1) is 0 Å². The van der Waals surface area contributed by atoms with E-state index >= 15 is 0 Å². The van der Waals surface area contributed by atoms with E-state index in [-0.39, 0.29) is 11.9 Å². The zero-order valence-corrected chi connectivity index (χ0v) is 9.60. The van der Waals surface area contributed by atoms with E-state index in [1.807, 2.05) is 23.1 Å². The lowest BCUT2D eigenvalue weighted by Crippen LogP contribution is -2.40. The summed E-state index contributed by atoms with van der Waals surface area (Å²) in [4.78, 5) is 13.6. The summed E-state index contributed by atoms with van der Waals surface area (Å²) in [6.07, 6.45) is 1.04. The van der Waals surface area contributed by atoms with Crippen molar-refractivity contribution in [3.63, 3.8) is 0 Å². The van der Waals surface area contributed by atoms with Crippen LogP contribution in [0.4, 0.5) is 0 Å². The van der Waals surface area contributed by atoms with Crippen molar-refractivity contribution in [3.05, 3.63) is 35.9 Å². The highest BCUT2D eigenvalue weighted by molar-refractivity contribution is 5.81. The third-order valence-corrected chi connectivity index (χ3v) is 3.16. The number of nitrogens with zero attached hydrogens (tertiary/aromatic N) is 1. The van der Waals surface area contributed by atoms with Crippen molar-refractivity contribution in [2.45, 2.75) is 25.3 Å². The molecule has 0 saturated carbocycles. The average molecular weight is 218 g/mol. The van der Waals surface area contributed by atoms with E-state index in [0.717, 1.165) is 19.5 Å². The van der Waals surface area contributed by atoms with Crippen molar-refractivity contribution in [1.82, 2.24) is 4.90 Å². The Balaban J connectivity index is 2.01.